The van der Waals surface area contributed by atoms with Crippen molar-refractivity contribution < 1.29 is 9.59 Å². The van der Waals surface area contributed by atoms with Gasteiger partial charge in [0.15, 0.2) is 0 Å². The highest BCUT2D eigenvalue weighted by molar-refractivity contribution is 5.98. The Morgan fingerprint density at radius 1 is 0.923 bits per heavy atom. The SMILES string of the molecule is CCc1cccc(CC)c1N(CC(=O)NCCc1ccccc1)C(C)=O. The molecule has 2 amide bonds. The number of anilines is 1. The third-order valence-corrected chi connectivity index (χ3v) is 4.50. The molecule has 0 aliphatic rings. The van der Waals surface area contributed by atoms with E-state index in [0.717, 1.165) is 36.1 Å². The Labute approximate surface area is 156 Å². The molecule has 26 heavy (non-hydrogen) atoms. The van der Waals surface area contributed by atoms with Gasteiger partial charge in [0.1, 0.15) is 6.54 Å². The molecule has 0 heterocycles. The zero-order valence-electron chi connectivity index (χ0n) is 15.9. The van der Waals surface area contributed by atoms with Crippen molar-refractivity contribution in [2.24, 2.45) is 0 Å². The average molecular weight is 352 g/mol. The molecule has 138 valence electrons. The fourth-order valence-corrected chi connectivity index (χ4v) is 3.10. The molecule has 0 unspecified atom stereocenters. The van der Waals surface area contributed by atoms with Crippen molar-refractivity contribution >= 4 is 17.5 Å². The van der Waals surface area contributed by atoms with Gasteiger partial charge in [0.25, 0.3) is 0 Å². The van der Waals surface area contributed by atoms with E-state index in [1.54, 1.807) is 4.90 Å². The third-order valence-electron chi connectivity index (χ3n) is 4.50. The van der Waals surface area contributed by atoms with Crippen LogP contribution in [0.25, 0.3) is 0 Å². The number of aryl methyl sites for hydroxylation is 2. The van der Waals surface area contributed by atoms with Crippen LogP contribution in [0.3, 0.4) is 0 Å². The summed E-state index contributed by atoms with van der Waals surface area (Å²) in [5.41, 5.74) is 4.26. The molecule has 4 nitrogen and oxygen atoms in total. The van der Waals surface area contributed by atoms with Crippen LogP contribution in [0.4, 0.5) is 5.69 Å². The number of carbonyl (C=O) groups excluding carboxylic acids is 2. The summed E-state index contributed by atoms with van der Waals surface area (Å²) in [6, 6.07) is 16.1. The van der Waals surface area contributed by atoms with Gasteiger partial charge in [-0.2, -0.15) is 0 Å². The number of hydrogen-bond donors (Lipinski definition) is 1. The minimum atomic E-state index is -0.135. The predicted octanol–water partition coefficient (Wildman–Crippen LogP) is 3.52. The molecule has 0 bridgehead atoms. The van der Waals surface area contributed by atoms with Crippen LogP contribution in [-0.2, 0) is 28.9 Å². The second-order valence-electron chi connectivity index (χ2n) is 6.32. The van der Waals surface area contributed by atoms with E-state index >= 15 is 0 Å². The molecule has 0 fully saturated rings. The minimum absolute atomic E-state index is 0.0497. The second kappa shape index (κ2) is 9.76. The minimum Gasteiger partial charge on any atom is -0.354 e. The molecule has 2 aromatic rings. The summed E-state index contributed by atoms with van der Waals surface area (Å²) in [7, 11) is 0. The molecule has 2 rings (SSSR count). The molecule has 0 radical (unpaired) electrons. The van der Waals surface area contributed by atoms with Gasteiger partial charge in [0.05, 0.1) is 5.69 Å². The smallest absolute Gasteiger partial charge is 0.240 e. The normalized spacial score (nSPS) is 10.4. The molecule has 0 saturated heterocycles. The zero-order valence-corrected chi connectivity index (χ0v) is 15.9. The Balaban J connectivity index is 2.06. The maximum absolute atomic E-state index is 12.4. The van der Waals surface area contributed by atoms with Crippen molar-refractivity contribution in [3.05, 3.63) is 65.2 Å². The van der Waals surface area contributed by atoms with Crippen LogP contribution in [0.15, 0.2) is 48.5 Å². The monoisotopic (exact) mass is 352 g/mol. The van der Waals surface area contributed by atoms with E-state index in [1.807, 2.05) is 48.5 Å². The Bertz CT molecular complexity index is 719. The lowest BCUT2D eigenvalue weighted by Gasteiger charge is -2.26. The van der Waals surface area contributed by atoms with Gasteiger partial charge in [0, 0.05) is 13.5 Å². The molecular formula is C22H28N2O2. The highest BCUT2D eigenvalue weighted by Crippen LogP contribution is 2.27. The van der Waals surface area contributed by atoms with Crippen molar-refractivity contribution in [2.45, 2.75) is 40.0 Å². The van der Waals surface area contributed by atoms with Crippen LogP contribution in [0.5, 0.6) is 0 Å². The van der Waals surface area contributed by atoms with Gasteiger partial charge in [-0.25, -0.2) is 0 Å². The fourth-order valence-electron chi connectivity index (χ4n) is 3.10. The van der Waals surface area contributed by atoms with Crippen LogP contribution in [0, 0.1) is 0 Å². The molecule has 0 atom stereocenters. The number of rotatable bonds is 8. The Kier molecular flexibility index (Phi) is 7.39. The standard InChI is InChI=1S/C22H28N2O2/c1-4-19-12-9-13-20(5-2)22(19)24(17(3)25)16-21(26)23-15-14-18-10-7-6-8-11-18/h6-13H,4-5,14-16H2,1-3H3,(H,23,26). The molecule has 4 heteroatoms. The number of para-hydroxylation sites is 1. The summed E-state index contributed by atoms with van der Waals surface area (Å²) in [4.78, 5) is 26.3. The van der Waals surface area contributed by atoms with Crippen molar-refractivity contribution in [1.29, 1.82) is 0 Å². The summed E-state index contributed by atoms with van der Waals surface area (Å²) in [5.74, 6) is -0.247. The van der Waals surface area contributed by atoms with Gasteiger partial charge in [0.2, 0.25) is 11.8 Å². The summed E-state index contributed by atoms with van der Waals surface area (Å²) in [6.45, 7) is 6.26. The van der Waals surface area contributed by atoms with Crippen LogP contribution in [0.1, 0.15) is 37.5 Å². The molecule has 2 aromatic carbocycles. The summed E-state index contributed by atoms with van der Waals surface area (Å²) in [5, 5.41) is 2.93. The largest absolute Gasteiger partial charge is 0.354 e. The van der Waals surface area contributed by atoms with Crippen LogP contribution < -0.4 is 10.2 Å². The molecule has 0 spiro atoms. The van der Waals surface area contributed by atoms with Gasteiger partial charge in [-0.1, -0.05) is 62.4 Å². The van der Waals surface area contributed by atoms with Crippen molar-refractivity contribution in [3.63, 3.8) is 0 Å². The van der Waals surface area contributed by atoms with Crippen molar-refractivity contribution in [1.82, 2.24) is 5.32 Å². The summed E-state index contributed by atoms with van der Waals surface area (Å²) < 4.78 is 0. The molecule has 0 aliphatic carbocycles. The fraction of sp³-hybridized carbons (Fsp3) is 0.364. The molecule has 1 N–H and O–H groups in total. The number of amides is 2. The van der Waals surface area contributed by atoms with E-state index in [2.05, 4.69) is 19.2 Å². The van der Waals surface area contributed by atoms with Crippen molar-refractivity contribution in [2.75, 3.05) is 18.0 Å². The Hall–Kier alpha value is -2.62. The van der Waals surface area contributed by atoms with Gasteiger partial charge in [-0.05, 0) is 36.0 Å². The topological polar surface area (TPSA) is 49.4 Å². The lowest BCUT2D eigenvalue weighted by molar-refractivity contribution is -0.123. The lowest BCUT2D eigenvalue weighted by atomic mass is 10.0. The molecule has 0 aromatic heterocycles. The van der Waals surface area contributed by atoms with E-state index in [1.165, 1.54) is 12.5 Å². The first-order valence-corrected chi connectivity index (χ1v) is 9.26. The highest BCUT2D eigenvalue weighted by atomic mass is 16.2. The highest BCUT2D eigenvalue weighted by Gasteiger charge is 2.20. The van der Waals surface area contributed by atoms with Gasteiger partial charge < -0.3 is 10.2 Å². The zero-order chi connectivity index (χ0) is 18.9. The first-order valence-electron chi connectivity index (χ1n) is 9.26. The number of nitrogens with zero attached hydrogens (tertiary/aromatic N) is 1. The first-order chi connectivity index (χ1) is 12.6. The van der Waals surface area contributed by atoms with E-state index in [0.29, 0.717) is 6.54 Å². The number of carbonyl (C=O) groups is 2. The number of nitrogens with one attached hydrogen (secondary N) is 1. The van der Waals surface area contributed by atoms with Gasteiger partial charge in [-0.3, -0.25) is 9.59 Å². The van der Waals surface area contributed by atoms with Crippen LogP contribution >= 0.6 is 0 Å². The van der Waals surface area contributed by atoms with Crippen LogP contribution in [0.2, 0.25) is 0 Å². The molecular weight excluding hydrogens is 324 g/mol. The summed E-state index contributed by atoms with van der Waals surface area (Å²) in [6.07, 6.45) is 2.42. The van der Waals surface area contributed by atoms with E-state index in [-0.39, 0.29) is 18.4 Å². The lowest BCUT2D eigenvalue weighted by Crippen LogP contribution is -2.41. The number of benzene rings is 2. The Morgan fingerprint density at radius 2 is 1.54 bits per heavy atom. The maximum atomic E-state index is 12.4. The predicted molar refractivity (Wildman–Crippen MR) is 106 cm³/mol. The summed E-state index contributed by atoms with van der Waals surface area (Å²) >= 11 is 0. The maximum Gasteiger partial charge on any atom is 0.240 e. The number of hydrogen-bond acceptors (Lipinski definition) is 2. The van der Waals surface area contributed by atoms with Gasteiger partial charge in [-0.15, -0.1) is 0 Å². The van der Waals surface area contributed by atoms with Crippen LogP contribution in [-0.4, -0.2) is 24.9 Å². The van der Waals surface area contributed by atoms with Gasteiger partial charge >= 0.3 is 0 Å². The van der Waals surface area contributed by atoms with E-state index < -0.39 is 0 Å². The molecule has 0 saturated carbocycles. The second-order valence-corrected chi connectivity index (χ2v) is 6.32. The molecule has 0 aliphatic heterocycles. The third kappa shape index (κ3) is 5.19. The first kappa shape index (κ1) is 19.7. The van der Waals surface area contributed by atoms with E-state index in [9.17, 15) is 9.59 Å². The van der Waals surface area contributed by atoms with Crippen molar-refractivity contribution in [3.8, 4) is 0 Å². The Morgan fingerprint density at radius 3 is 2.08 bits per heavy atom. The quantitative estimate of drug-likeness (QED) is 0.790. The average Bonchev–Trinajstić information content (AvgIpc) is 2.66. The van der Waals surface area contributed by atoms with E-state index in [4.69, 9.17) is 0 Å².